The van der Waals surface area contributed by atoms with E-state index in [4.69, 9.17) is 9.72 Å². The van der Waals surface area contributed by atoms with Crippen LogP contribution in [0.2, 0.25) is 0 Å². The highest BCUT2D eigenvalue weighted by Crippen LogP contribution is 2.30. The summed E-state index contributed by atoms with van der Waals surface area (Å²) in [6.45, 7) is 2.77. The van der Waals surface area contributed by atoms with Crippen molar-refractivity contribution in [1.29, 1.82) is 0 Å². The van der Waals surface area contributed by atoms with Gasteiger partial charge in [0.1, 0.15) is 17.1 Å². The molecule has 1 aliphatic heterocycles. The molecule has 0 fully saturated rings. The minimum absolute atomic E-state index is 0.286. The molecule has 4 aromatic heterocycles. The predicted octanol–water partition coefficient (Wildman–Crippen LogP) is 2.93. The van der Waals surface area contributed by atoms with Crippen LogP contribution in [0.25, 0.3) is 28.0 Å². The number of fused-ring (bicyclic) bond motifs is 2. The first-order valence-electron chi connectivity index (χ1n) is 8.71. The van der Waals surface area contributed by atoms with E-state index in [0.717, 1.165) is 29.4 Å². The second-order valence-corrected chi connectivity index (χ2v) is 6.60. The Labute approximate surface area is 148 Å². The molecule has 5 heterocycles. The molecule has 0 spiro atoms. The lowest BCUT2D eigenvalue weighted by atomic mass is 9.95. The molecule has 1 aliphatic rings. The molecule has 26 heavy (non-hydrogen) atoms. The van der Waals surface area contributed by atoms with Gasteiger partial charge in [-0.05, 0) is 42.5 Å². The van der Waals surface area contributed by atoms with Crippen LogP contribution in [0.5, 0.6) is 5.75 Å². The van der Waals surface area contributed by atoms with Crippen molar-refractivity contribution in [1.82, 2.24) is 24.5 Å². The van der Waals surface area contributed by atoms with Crippen LogP contribution in [0.15, 0.2) is 41.5 Å². The third kappa shape index (κ3) is 2.20. The fourth-order valence-corrected chi connectivity index (χ4v) is 3.62. The molecule has 1 atom stereocenters. The van der Waals surface area contributed by atoms with Crippen molar-refractivity contribution in [3.8, 4) is 11.6 Å². The van der Waals surface area contributed by atoms with E-state index in [9.17, 15) is 4.79 Å². The lowest BCUT2D eigenvalue weighted by Crippen LogP contribution is -2.17. The van der Waals surface area contributed by atoms with E-state index in [0.29, 0.717) is 35.3 Å². The Morgan fingerprint density at radius 1 is 1.19 bits per heavy atom. The molecule has 2 bridgehead atoms. The molecule has 1 N–H and O–H groups in total. The average molecular weight is 347 g/mol. The Balaban J connectivity index is 1.89. The van der Waals surface area contributed by atoms with Crippen LogP contribution < -0.4 is 10.4 Å². The van der Waals surface area contributed by atoms with Gasteiger partial charge in [0.2, 0.25) is 0 Å². The van der Waals surface area contributed by atoms with Gasteiger partial charge in [-0.1, -0.05) is 6.92 Å². The number of aromatic nitrogens is 5. The summed E-state index contributed by atoms with van der Waals surface area (Å²) in [5.41, 5.74) is 3.63. The second kappa shape index (κ2) is 5.66. The summed E-state index contributed by atoms with van der Waals surface area (Å²) in [6, 6.07) is 7.51. The van der Waals surface area contributed by atoms with Crippen LogP contribution in [0, 0.1) is 0 Å². The van der Waals surface area contributed by atoms with Crippen molar-refractivity contribution in [2.75, 3.05) is 6.61 Å². The Morgan fingerprint density at radius 3 is 3.00 bits per heavy atom. The number of pyridine rings is 3. The number of rotatable bonds is 0. The van der Waals surface area contributed by atoms with Gasteiger partial charge in [0.05, 0.1) is 17.6 Å². The number of nitrogens with one attached hydrogen (secondary N) is 1. The van der Waals surface area contributed by atoms with Gasteiger partial charge in [0, 0.05) is 18.5 Å². The number of imidazole rings is 1. The third-order valence-electron chi connectivity index (χ3n) is 4.94. The summed E-state index contributed by atoms with van der Waals surface area (Å²) in [7, 11) is 0. The highest BCUT2D eigenvalue weighted by Gasteiger charge is 2.19. The van der Waals surface area contributed by atoms with Crippen molar-refractivity contribution >= 4 is 22.2 Å². The van der Waals surface area contributed by atoms with E-state index in [1.165, 1.54) is 4.57 Å². The SMILES string of the molecule is C[C@@H]1CCCOc2ccnc3[nH]c(=O)n(c23)-c2ccc3nccc1c3n2. The highest BCUT2D eigenvalue weighted by molar-refractivity contribution is 5.82. The van der Waals surface area contributed by atoms with Gasteiger partial charge in [0.15, 0.2) is 5.65 Å². The summed E-state index contributed by atoms with van der Waals surface area (Å²) in [4.78, 5) is 28.9. The monoisotopic (exact) mass is 347 g/mol. The number of ether oxygens (including phenoxy) is 1. The third-order valence-corrected chi connectivity index (χ3v) is 4.94. The lowest BCUT2D eigenvalue weighted by molar-refractivity contribution is 0.305. The summed E-state index contributed by atoms with van der Waals surface area (Å²) in [5.74, 6) is 1.50. The Morgan fingerprint density at radius 2 is 2.08 bits per heavy atom. The van der Waals surface area contributed by atoms with Gasteiger partial charge in [-0.3, -0.25) is 9.97 Å². The molecular formula is C19H17N5O2. The second-order valence-electron chi connectivity index (χ2n) is 6.60. The van der Waals surface area contributed by atoms with Crippen molar-refractivity contribution in [3.63, 3.8) is 0 Å². The number of hydrogen-bond acceptors (Lipinski definition) is 5. The molecule has 5 rings (SSSR count). The smallest absolute Gasteiger partial charge is 0.333 e. The van der Waals surface area contributed by atoms with E-state index in [1.54, 1.807) is 18.3 Å². The Kier molecular flexibility index (Phi) is 3.28. The molecule has 0 unspecified atom stereocenters. The largest absolute Gasteiger partial charge is 0.491 e. The quantitative estimate of drug-likeness (QED) is 0.528. The minimum Gasteiger partial charge on any atom is -0.491 e. The van der Waals surface area contributed by atoms with E-state index in [-0.39, 0.29) is 5.69 Å². The molecule has 0 saturated heterocycles. The number of aromatic amines is 1. The molecule has 130 valence electrons. The van der Waals surface area contributed by atoms with Gasteiger partial charge in [0.25, 0.3) is 0 Å². The molecule has 0 saturated carbocycles. The molecule has 0 amide bonds. The fourth-order valence-electron chi connectivity index (χ4n) is 3.62. The van der Waals surface area contributed by atoms with Crippen LogP contribution in [0.3, 0.4) is 0 Å². The van der Waals surface area contributed by atoms with Gasteiger partial charge >= 0.3 is 5.69 Å². The summed E-state index contributed by atoms with van der Waals surface area (Å²) in [5, 5.41) is 0. The Bertz CT molecular complexity index is 1190. The van der Waals surface area contributed by atoms with Crippen molar-refractivity contribution in [2.24, 2.45) is 0 Å². The molecule has 7 nitrogen and oxygen atoms in total. The normalized spacial score (nSPS) is 17.0. The van der Waals surface area contributed by atoms with E-state index < -0.39 is 0 Å². The van der Waals surface area contributed by atoms with Crippen molar-refractivity contribution < 1.29 is 4.74 Å². The first-order valence-corrected chi connectivity index (χ1v) is 8.71. The molecular weight excluding hydrogens is 330 g/mol. The predicted molar refractivity (Wildman–Crippen MR) is 97.9 cm³/mol. The molecule has 0 aromatic carbocycles. The fraction of sp³-hybridized carbons (Fsp3) is 0.263. The Hall–Kier alpha value is -3.22. The van der Waals surface area contributed by atoms with Crippen LogP contribution in [0.1, 0.15) is 31.2 Å². The van der Waals surface area contributed by atoms with Gasteiger partial charge in [-0.25, -0.2) is 19.3 Å². The summed E-state index contributed by atoms with van der Waals surface area (Å²) >= 11 is 0. The number of hydrogen-bond donors (Lipinski definition) is 1. The summed E-state index contributed by atoms with van der Waals surface area (Å²) < 4.78 is 7.51. The number of nitrogens with zero attached hydrogens (tertiary/aromatic N) is 4. The summed E-state index contributed by atoms with van der Waals surface area (Å²) in [6.07, 6.45) is 5.35. The number of H-pyrrole nitrogens is 1. The van der Waals surface area contributed by atoms with Gasteiger partial charge in [-0.2, -0.15) is 0 Å². The molecule has 7 heteroatoms. The lowest BCUT2D eigenvalue weighted by Gasteiger charge is -2.16. The average Bonchev–Trinajstić information content (AvgIpc) is 2.99. The first kappa shape index (κ1) is 15.1. The molecule has 0 radical (unpaired) electrons. The van der Waals surface area contributed by atoms with Gasteiger partial charge in [-0.15, -0.1) is 0 Å². The minimum atomic E-state index is -0.286. The topological polar surface area (TPSA) is 85.7 Å². The highest BCUT2D eigenvalue weighted by atomic mass is 16.5. The molecule has 0 aliphatic carbocycles. The maximum absolute atomic E-state index is 12.6. The van der Waals surface area contributed by atoms with E-state index in [1.807, 2.05) is 18.3 Å². The zero-order valence-electron chi connectivity index (χ0n) is 14.3. The zero-order valence-corrected chi connectivity index (χ0v) is 14.3. The van der Waals surface area contributed by atoms with Crippen LogP contribution in [-0.2, 0) is 0 Å². The van der Waals surface area contributed by atoms with Crippen LogP contribution in [-0.4, -0.2) is 31.1 Å². The zero-order chi connectivity index (χ0) is 17.7. The van der Waals surface area contributed by atoms with Crippen molar-refractivity contribution in [2.45, 2.75) is 25.7 Å². The molecule has 4 aromatic rings. The standard InChI is InChI=1S/C19H17N5O2/c1-11-3-2-10-26-14-7-9-21-18-17(14)24(19(25)23-18)15-5-4-13-16(22-15)12(11)6-8-20-13/h4-9,11H,2-3,10H2,1H3,(H,21,23,25)/t11-/m1/s1. The maximum atomic E-state index is 12.6. The van der Waals surface area contributed by atoms with Gasteiger partial charge < -0.3 is 4.74 Å². The maximum Gasteiger partial charge on any atom is 0.333 e. The van der Waals surface area contributed by atoms with Crippen LogP contribution >= 0.6 is 0 Å². The van der Waals surface area contributed by atoms with Crippen LogP contribution in [0.4, 0.5) is 0 Å². The first-order chi connectivity index (χ1) is 12.7. The van der Waals surface area contributed by atoms with Crippen molar-refractivity contribution in [3.05, 3.63) is 52.7 Å². The van der Waals surface area contributed by atoms with E-state index >= 15 is 0 Å². The van der Waals surface area contributed by atoms with E-state index in [2.05, 4.69) is 21.9 Å².